The Bertz CT molecular complexity index is 1870. The third-order valence-electron chi connectivity index (χ3n) is 16.4. The van der Waals surface area contributed by atoms with Crippen molar-refractivity contribution in [1.29, 1.82) is 0 Å². The third-order valence-corrected chi connectivity index (χ3v) is 17.4. The fourth-order valence-corrected chi connectivity index (χ4v) is 11.4. The van der Waals surface area contributed by atoms with Gasteiger partial charge in [0, 0.05) is 6.42 Å². The molecule has 0 rings (SSSR count). The van der Waals surface area contributed by atoms with Crippen LogP contribution in [0.3, 0.4) is 0 Å². The highest BCUT2D eigenvalue weighted by Crippen LogP contribution is 2.43. The highest BCUT2D eigenvalue weighted by molar-refractivity contribution is 7.47. The molecule has 0 aromatic heterocycles. The lowest BCUT2D eigenvalue weighted by molar-refractivity contribution is -0.870. The van der Waals surface area contributed by atoms with Gasteiger partial charge in [-0.2, -0.15) is 0 Å². The number of aliphatic hydroxyl groups excluding tert-OH is 1. The number of hydrogen-bond donors (Lipinski definition) is 3. The first-order valence-corrected chi connectivity index (χ1v) is 38.9. The number of rotatable bonds is 68. The maximum absolute atomic E-state index is 13.1. The molecule has 0 saturated heterocycles. The molecule has 0 heterocycles. The molecule has 1 amide bonds. The van der Waals surface area contributed by atoms with Crippen molar-refractivity contribution in [1.82, 2.24) is 5.32 Å². The molecule has 89 heavy (non-hydrogen) atoms. The summed E-state index contributed by atoms with van der Waals surface area (Å²) >= 11 is 0. The van der Waals surface area contributed by atoms with E-state index in [4.69, 9.17) is 9.05 Å². The molecule has 0 aliphatic rings. The predicted octanol–water partition coefficient (Wildman–Crippen LogP) is 24.4. The molecular formula is C80H144N2O6P+. The monoisotopic (exact) mass is 1260 g/mol. The van der Waals surface area contributed by atoms with Crippen molar-refractivity contribution in [3.63, 3.8) is 0 Å². The largest absolute Gasteiger partial charge is 0.472 e. The highest BCUT2D eigenvalue weighted by atomic mass is 31.2. The van der Waals surface area contributed by atoms with Crippen molar-refractivity contribution in [2.45, 2.75) is 341 Å². The van der Waals surface area contributed by atoms with Gasteiger partial charge in [-0.05, 0) is 89.9 Å². The molecule has 0 fully saturated rings. The van der Waals surface area contributed by atoms with Crippen LogP contribution in [0.4, 0.5) is 0 Å². The van der Waals surface area contributed by atoms with Gasteiger partial charge in [0.1, 0.15) is 13.2 Å². The molecule has 0 aromatic carbocycles. The number of carbonyl (C=O) groups is 1. The number of phosphoric ester groups is 1. The molecule has 0 bridgehead atoms. The number of phosphoric acid groups is 1. The van der Waals surface area contributed by atoms with Crippen LogP contribution in [0.25, 0.3) is 0 Å². The van der Waals surface area contributed by atoms with Crippen molar-refractivity contribution >= 4 is 13.7 Å². The summed E-state index contributed by atoms with van der Waals surface area (Å²) in [6, 6.07) is -0.860. The summed E-state index contributed by atoms with van der Waals surface area (Å²) < 4.78 is 23.9. The van der Waals surface area contributed by atoms with Gasteiger partial charge in [-0.25, -0.2) is 4.57 Å². The minimum atomic E-state index is -4.37. The predicted molar refractivity (Wildman–Crippen MR) is 392 cm³/mol. The Labute approximate surface area is 552 Å². The Morgan fingerprint density at radius 3 is 0.989 bits per heavy atom. The normalized spacial score (nSPS) is 14.3. The van der Waals surface area contributed by atoms with Crippen molar-refractivity contribution in [3.8, 4) is 0 Å². The van der Waals surface area contributed by atoms with Gasteiger partial charge in [0.15, 0.2) is 0 Å². The summed E-state index contributed by atoms with van der Waals surface area (Å²) in [5.74, 6) is -0.184. The average Bonchev–Trinajstić information content (AvgIpc) is 3.57. The lowest BCUT2D eigenvalue weighted by Crippen LogP contribution is -2.45. The quantitative estimate of drug-likeness (QED) is 0.0243. The van der Waals surface area contributed by atoms with Crippen molar-refractivity contribution in [3.05, 3.63) is 122 Å². The van der Waals surface area contributed by atoms with E-state index in [0.717, 1.165) is 103 Å². The van der Waals surface area contributed by atoms with E-state index in [2.05, 4.69) is 129 Å². The summed E-state index contributed by atoms with van der Waals surface area (Å²) in [6.45, 7) is 4.72. The summed E-state index contributed by atoms with van der Waals surface area (Å²) in [5.41, 5.74) is 0. The minimum absolute atomic E-state index is 0.0554. The number of amides is 1. The zero-order valence-electron chi connectivity index (χ0n) is 58.9. The Balaban J connectivity index is 4.10. The second kappa shape index (κ2) is 69.2. The highest BCUT2D eigenvalue weighted by Gasteiger charge is 2.28. The van der Waals surface area contributed by atoms with E-state index < -0.39 is 20.0 Å². The van der Waals surface area contributed by atoms with E-state index in [1.54, 1.807) is 6.08 Å². The summed E-state index contributed by atoms with van der Waals surface area (Å²) in [5, 5.41) is 14.0. The molecule has 514 valence electrons. The van der Waals surface area contributed by atoms with Gasteiger partial charge in [-0.1, -0.05) is 354 Å². The molecule has 3 atom stereocenters. The van der Waals surface area contributed by atoms with Gasteiger partial charge < -0.3 is 19.8 Å². The second-order valence-corrected chi connectivity index (χ2v) is 27.7. The molecule has 0 aliphatic carbocycles. The minimum Gasteiger partial charge on any atom is -0.387 e. The lowest BCUT2D eigenvalue weighted by atomic mass is 10.0. The lowest BCUT2D eigenvalue weighted by Gasteiger charge is -2.25. The SMILES string of the molecule is CC/C=C\C/C=C\C/C=C\C/C=C\C/C=C\C/C=C\C/C=C\C/C=C\C/C=C\CCCCCCCCCCCC(=O)NC(COP(=O)(O)OCC[N+](C)(C)C)C(O)/C=C/CCCCCCCCCCCCCCCCCCCCCCCCCCCCCC. The number of allylic oxidation sites excluding steroid dienone is 19. The van der Waals surface area contributed by atoms with Crippen LogP contribution in [0.5, 0.6) is 0 Å². The van der Waals surface area contributed by atoms with Crippen LogP contribution in [0, 0.1) is 0 Å². The first kappa shape index (κ1) is 85.9. The van der Waals surface area contributed by atoms with Crippen LogP contribution in [-0.2, 0) is 18.4 Å². The maximum atomic E-state index is 13.1. The van der Waals surface area contributed by atoms with Gasteiger partial charge in [-0.3, -0.25) is 13.8 Å². The zero-order chi connectivity index (χ0) is 64.8. The van der Waals surface area contributed by atoms with Crippen molar-refractivity contribution in [2.75, 3.05) is 40.9 Å². The third kappa shape index (κ3) is 72.2. The number of nitrogens with one attached hydrogen (secondary N) is 1. The van der Waals surface area contributed by atoms with Crippen LogP contribution in [0.2, 0.25) is 0 Å². The first-order chi connectivity index (χ1) is 43.5. The van der Waals surface area contributed by atoms with E-state index in [1.807, 2.05) is 27.2 Å². The van der Waals surface area contributed by atoms with Gasteiger partial charge in [0.2, 0.25) is 5.91 Å². The summed E-state index contributed by atoms with van der Waals surface area (Å²) in [7, 11) is 1.56. The molecule has 3 unspecified atom stereocenters. The molecule has 0 aromatic rings. The van der Waals surface area contributed by atoms with Crippen LogP contribution in [0.15, 0.2) is 122 Å². The van der Waals surface area contributed by atoms with Gasteiger partial charge >= 0.3 is 7.82 Å². The van der Waals surface area contributed by atoms with Gasteiger partial charge in [-0.15, -0.1) is 0 Å². The smallest absolute Gasteiger partial charge is 0.387 e. The number of aliphatic hydroxyl groups is 1. The van der Waals surface area contributed by atoms with Crippen molar-refractivity contribution in [2.24, 2.45) is 0 Å². The zero-order valence-corrected chi connectivity index (χ0v) is 59.8. The Morgan fingerprint density at radius 2 is 0.674 bits per heavy atom. The van der Waals surface area contributed by atoms with E-state index in [0.29, 0.717) is 17.4 Å². The van der Waals surface area contributed by atoms with Crippen LogP contribution in [-0.4, -0.2) is 73.4 Å². The number of hydrogen-bond acceptors (Lipinski definition) is 5. The molecule has 9 heteroatoms. The molecule has 0 aliphatic heterocycles. The van der Waals surface area contributed by atoms with Crippen LogP contribution >= 0.6 is 7.82 Å². The molecule has 8 nitrogen and oxygen atoms in total. The summed E-state index contributed by atoms with van der Waals surface area (Å²) in [4.78, 5) is 23.5. The fourth-order valence-electron chi connectivity index (χ4n) is 10.7. The van der Waals surface area contributed by atoms with Gasteiger partial charge in [0.05, 0.1) is 39.9 Å². The number of unbranched alkanes of at least 4 members (excludes halogenated alkanes) is 37. The molecule has 0 spiro atoms. The fraction of sp³-hybridized carbons (Fsp3) is 0.738. The van der Waals surface area contributed by atoms with Crippen molar-refractivity contribution < 1.29 is 32.9 Å². The van der Waals surface area contributed by atoms with Gasteiger partial charge in [0.25, 0.3) is 0 Å². The maximum Gasteiger partial charge on any atom is 0.472 e. The Hall–Kier alpha value is -3.10. The number of carbonyl (C=O) groups excluding carboxylic acids is 1. The van der Waals surface area contributed by atoms with E-state index in [1.165, 1.54) is 205 Å². The standard InChI is InChI=1S/C80H143N2O6P/c1-6-8-10-12-14-16-18-20-22-24-26-28-30-32-34-36-38-39-40-41-42-43-44-46-48-50-52-54-56-58-60-62-64-66-68-70-72-74-80(84)81-78(77-88-89(85,86)87-76-75-82(3,4)5)79(83)73-71-69-67-65-63-61-59-57-55-53-51-49-47-45-37-35-33-31-29-27-25-23-21-19-17-15-13-11-9-7-2/h8,10,14,16,20,22,26,28,32,34,38-39,41-42,44,46,50,52,71,73,78-79,83H,6-7,9,11-13,15,17-19,21,23-25,27,29-31,33,35-37,40,43,45,47-49,51,53-70,72,74-77H2,1-5H3,(H-,81,84,85,86)/p+1/b10-8-,16-14-,22-20-,28-26-,34-32-,39-38-,42-41-,46-44-,52-50-,73-71+. The molecule has 0 radical (unpaired) electrons. The molecule has 3 N–H and O–H groups in total. The van der Waals surface area contributed by atoms with E-state index in [-0.39, 0.29) is 19.1 Å². The van der Waals surface area contributed by atoms with Crippen LogP contribution in [0.1, 0.15) is 328 Å². The summed E-state index contributed by atoms with van der Waals surface area (Å²) in [6.07, 6.45) is 104. The van der Waals surface area contributed by atoms with Crippen LogP contribution < -0.4 is 5.32 Å². The number of nitrogens with zero attached hydrogens (tertiary/aromatic N) is 1. The average molecular weight is 1260 g/mol. The Kier molecular flexibility index (Phi) is 66.8. The van der Waals surface area contributed by atoms with E-state index in [9.17, 15) is 19.4 Å². The molecular weight excluding hydrogens is 1120 g/mol. The first-order valence-electron chi connectivity index (χ1n) is 37.4. The molecule has 0 saturated carbocycles. The van der Waals surface area contributed by atoms with E-state index >= 15 is 0 Å². The second-order valence-electron chi connectivity index (χ2n) is 26.3. The topological polar surface area (TPSA) is 105 Å². The Morgan fingerprint density at radius 1 is 0.393 bits per heavy atom. The number of quaternary nitrogens is 1. The number of likely N-dealkylation sites (N-methyl/N-ethyl adjacent to an activating group) is 1.